The van der Waals surface area contributed by atoms with E-state index < -0.39 is 0 Å². The van der Waals surface area contributed by atoms with E-state index >= 15 is 0 Å². The molecule has 23 heavy (non-hydrogen) atoms. The molecule has 1 unspecified atom stereocenters. The van der Waals surface area contributed by atoms with E-state index in [9.17, 15) is 4.79 Å². The molecule has 1 atom stereocenters. The van der Waals surface area contributed by atoms with Gasteiger partial charge in [-0.05, 0) is 24.1 Å². The number of nitrogens with one attached hydrogen (secondary N) is 1. The number of hydrogen-bond donors (Lipinski definition) is 1. The van der Waals surface area contributed by atoms with E-state index in [0.717, 1.165) is 36.3 Å². The number of fused-ring (bicyclic) bond motifs is 1. The number of morpholine rings is 1. The predicted octanol–water partition coefficient (Wildman–Crippen LogP) is 1.96. The molecule has 0 spiro atoms. The van der Waals surface area contributed by atoms with Gasteiger partial charge in [0.15, 0.2) is 0 Å². The fourth-order valence-electron chi connectivity index (χ4n) is 3.37. The fraction of sp³-hybridized carbons (Fsp3) is 0.412. The van der Waals surface area contributed by atoms with Crippen molar-refractivity contribution in [2.45, 2.75) is 26.2 Å². The molecule has 0 radical (unpaired) electrons. The van der Waals surface area contributed by atoms with Gasteiger partial charge in [-0.3, -0.25) is 10.00 Å². The Morgan fingerprint density at radius 1 is 1.43 bits per heavy atom. The lowest BCUT2D eigenvalue weighted by molar-refractivity contribution is -0.0332. The van der Waals surface area contributed by atoms with Crippen LogP contribution in [-0.2, 0) is 22.6 Å². The van der Waals surface area contributed by atoms with Gasteiger partial charge in [0.05, 0.1) is 24.5 Å². The van der Waals surface area contributed by atoms with Crippen molar-refractivity contribution in [3.8, 4) is 0 Å². The van der Waals surface area contributed by atoms with Gasteiger partial charge >= 0.3 is 5.97 Å². The first-order valence-corrected chi connectivity index (χ1v) is 7.83. The minimum absolute atomic E-state index is 0.0247. The third-order valence-electron chi connectivity index (χ3n) is 4.67. The minimum atomic E-state index is -0.221. The van der Waals surface area contributed by atoms with Crippen molar-refractivity contribution in [3.05, 3.63) is 52.3 Å². The van der Waals surface area contributed by atoms with E-state index in [1.807, 2.05) is 24.5 Å². The average molecular weight is 313 g/mol. The van der Waals surface area contributed by atoms with E-state index in [-0.39, 0.29) is 12.1 Å². The lowest BCUT2D eigenvalue weighted by atomic mass is 9.94. The van der Waals surface area contributed by atoms with Gasteiger partial charge in [0.1, 0.15) is 6.61 Å². The van der Waals surface area contributed by atoms with Crippen LogP contribution in [0.25, 0.3) is 0 Å². The number of carbonyl (C=O) groups excluding carboxylic acids is 1. The second kappa shape index (κ2) is 5.79. The first-order valence-electron chi connectivity index (χ1n) is 7.83. The standard InChI is InChI=1S/C17H19N3O3/c1-11-13(2-3-14-15(11)10-23-17(14)21)16-9-20(4-5-22-16)8-12-6-18-19-7-12/h2-3,6-7,16H,4-5,8-10H2,1H3,(H,18,19). The maximum absolute atomic E-state index is 11.7. The number of rotatable bonds is 3. The number of H-pyrrole nitrogens is 1. The summed E-state index contributed by atoms with van der Waals surface area (Å²) in [6, 6.07) is 3.87. The molecule has 120 valence electrons. The van der Waals surface area contributed by atoms with Crippen molar-refractivity contribution in [2.75, 3.05) is 19.7 Å². The molecule has 1 fully saturated rings. The third-order valence-corrected chi connectivity index (χ3v) is 4.67. The van der Waals surface area contributed by atoms with Crippen molar-refractivity contribution < 1.29 is 14.3 Å². The van der Waals surface area contributed by atoms with Crippen molar-refractivity contribution in [3.63, 3.8) is 0 Å². The molecule has 1 saturated heterocycles. The highest BCUT2D eigenvalue weighted by atomic mass is 16.5. The smallest absolute Gasteiger partial charge is 0.338 e. The summed E-state index contributed by atoms with van der Waals surface area (Å²) in [5.41, 5.74) is 5.14. The second-order valence-electron chi connectivity index (χ2n) is 6.08. The van der Waals surface area contributed by atoms with Crippen LogP contribution >= 0.6 is 0 Å². The molecule has 0 amide bonds. The van der Waals surface area contributed by atoms with Gasteiger partial charge in [0.25, 0.3) is 0 Å². The fourth-order valence-corrected chi connectivity index (χ4v) is 3.37. The molecule has 3 heterocycles. The summed E-state index contributed by atoms with van der Waals surface area (Å²) in [6.07, 6.45) is 3.80. The zero-order valence-corrected chi connectivity index (χ0v) is 13.0. The van der Waals surface area contributed by atoms with E-state index in [0.29, 0.717) is 18.8 Å². The van der Waals surface area contributed by atoms with E-state index in [1.54, 1.807) is 0 Å². The van der Waals surface area contributed by atoms with Crippen LogP contribution in [0, 0.1) is 6.92 Å². The van der Waals surface area contributed by atoms with Crippen molar-refractivity contribution >= 4 is 5.97 Å². The van der Waals surface area contributed by atoms with Crippen LogP contribution in [0.2, 0.25) is 0 Å². The molecule has 2 aliphatic heterocycles. The van der Waals surface area contributed by atoms with Crippen molar-refractivity contribution in [1.82, 2.24) is 15.1 Å². The van der Waals surface area contributed by atoms with Crippen LogP contribution < -0.4 is 0 Å². The molecule has 0 bridgehead atoms. The SMILES string of the molecule is Cc1c(C2CN(Cc3cn[nH]c3)CCO2)ccc2c1COC2=O. The molecular weight excluding hydrogens is 294 g/mol. The Balaban J connectivity index is 1.55. The van der Waals surface area contributed by atoms with Crippen molar-refractivity contribution in [1.29, 1.82) is 0 Å². The van der Waals surface area contributed by atoms with Gasteiger partial charge in [0.2, 0.25) is 0 Å². The number of hydrogen-bond acceptors (Lipinski definition) is 5. The molecule has 2 aliphatic rings. The third kappa shape index (κ3) is 2.64. The predicted molar refractivity (Wildman–Crippen MR) is 82.9 cm³/mol. The van der Waals surface area contributed by atoms with Crippen LogP contribution in [0.5, 0.6) is 0 Å². The van der Waals surface area contributed by atoms with E-state index in [2.05, 4.69) is 22.0 Å². The summed E-state index contributed by atoms with van der Waals surface area (Å²) < 4.78 is 11.1. The number of carbonyl (C=O) groups is 1. The number of aromatic nitrogens is 2. The summed E-state index contributed by atoms with van der Waals surface area (Å²) >= 11 is 0. The second-order valence-corrected chi connectivity index (χ2v) is 6.08. The molecule has 1 N–H and O–H groups in total. The first kappa shape index (κ1) is 14.4. The van der Waals surface area contributed by atoms with Gasteiger partial charge < -0.3 is 9.47 Å². The Morgan fingerprint density at radius 3 is 3.17 bits per heavy atom. The molecule has 1 aromatic heterocycles. The average Bonchev–Trinajstić information content (AvgIpc) is 3.19. The summed E-state index contributed by atoms with van der Waals surface area (Å²) in [6.45, 7) is 5.73. The molecule has 2 aromatic rings. The Labute approximate surface area is 134 Å². The lowest BCUT2D eigenvalue weighted by Gasteiger charge is -2.33. The summed E-state index contributed by atoms with van der Waals surface area (Å²) in [5.74, 6) is -0.221. The zero-order valence-electron chi connectivity index (χ0n) is 13.0. The highest BCUT2D eigenvalue weighted by Gasteiger charge is 2.28. The monoisotopic (exact) mass is 313 g/mol. The number of cyclic esters (lactones) is 1. The lowest BCUT2D eigenvalue weighted by Crippen LogP contribution is -2.38. The Morgan fingerprint density at radius 2 is 2.35 bits per heavy atom. The highest BCUT2D eigenvalue weighted by molar-refractivity contribution is 5.93. The topological polar surface area (TPSA) is 67.5 Å². The molecule has 0 saturated carbocycles. The van der Waals surface area contributed by atoms with Crippen LogP contribution in [0.3, 0.4) is 0 Å². The Hall–Kier alpha value is -2.18. The van der Waals surface area contributed by atoms with E-state index in [1.165, 1.54) is 5.56 Å². The van der Waals surface area contributed by atoms with Crippen LogP contribution in [-0.4, -0.2) is 40.8 Å². The molecule has 1 aromatic carbocycles. The van der Waals surface area contributed by atoms with Crippen LogP contribution in [0.4, 0.5) is 0 Å². The number of ether oxygens (including phenoxy) is 2. The quantitative estimate of drug-likeness (QED) is 0.878. The number of esters is 1. The van der Waals surface area contributed by atoms with Gasteiger partial charge in [0, 0.05) is 37.0 Å². The summed E-state index contributed by atoms with van der Waals surface area (Å²) in [4.78, 5) is 14.0. The van der Waals surface area contributed by atoms with Gasteiger partial charge in [-0.1, -0.05) is 6.07 Å². The van der Waals surface area contributed by atoms with Crippen molar-refractivity contribution in [2.24, 2.45) is 0 Å². The summed E-state index contributed by atoms with van der Waals surface area (Å²) in [7, 11) is 0. The Bertz CT molecular complexity index is 727. The molecule has 6 nitrogen and oxygen atoms in total. The molecule has 6 heteroatoms. The summed E-state index contributed by atoms with van der Waals surface area (Å²) in [5, 5.41) is 6.85. The van der Waals surface area contributed by atoms with Gasteiger partial charge in [-0.2, -0.15) is 5.10 Å². The Kier molecular flexibility index (Phi) is 3.63. The normalized spacial score (nSPS) is 21.3. The number of aromatic amines is 1. The highest BCUT2D eigenvalue weighted by Crippen LogP contribution is 2.32. The van der Waals surface area contributed by atoms with E-state index in [4.69, 9.17) is 9.47 Å². The molecular formula is C17H19N3O3. The number of nitrogens with zero attached hydrogens (tertiary/aromatic N) is 2. The molecule has 4 rings (SSSR count). The first-order chi connectivity index (χ1) is 11.2. The van der Waals surface area contributed by atoms with Gasteiger partial charge in [-0.15, -0.1) is 0 Å². The van der Waals surface area contributed by atoms with Crippen LogP contribution in [0.1, 0.15) is 38.7 Å². The molecule has 0 aliphatic carbocycles. The number of benzene rings is 1. The zero-order chi connectivity index (χ0) is 15.8. The maximum Gasteiger partial charge on any atom is 0.338 e. The largest absolute Gasteiger partial charge is 0.457 e. The minimum Gasteiger partial charge on any atom is -0.457 e. The van der Waals surface area contributed by atoms with Gasteiger partial charge in [-0.25, -0.2) is 4.79 Å². The van der Waals surface area contributed by atoms with Crippen LogP contribution in [0.15, 0.2) is 24.5 Å². The maximum atomic E-state index is 11.7.